The Balaban J connectivity index is 1.25. The molecule has 0 bridgehead atoms. The van der Waals surface area contributed by atoms with E-state index >= 15 is 0 Å². The number of nitrogens with zero attached hydrogens (tertiary/aromatic N) is 6. The maximum atomic E-state index is 14.2. The van der Waals surface area contributed by atoms with Crippen molar-refractivity contribution in [3.63, 3.8) is 0 Å². The highest BCUT2D eigenvalue weighted by molar-refractivity contribution is 5.77. The van der Waals surface area contributed by atoms with Crippen LogP contribution < -0.4 is 15.0 Å². The first-order valence-electron chi connectivity index (χ1n) is 14.3. The van der Waals surface area contributed by atoms with Crippen LogP contribution >= 0.6 is 0 Å². The molecule has 5 heterocycles. The number of nitrogens with one attached hydrogen (secondary N) is 1. The lowest BCUT2D eigenvalue weighted by Gasteiger charge is -2.35. The fraction of sp³-hybridized carbons (Fsp3) is 0.517. The van der Waals surface area contributed by atoms with Crippen molar-refractivity contribution < 1.29 is 23.0 Å². The molecular weight excluding hydrogens is 532 g/mol. The zero-order valence-electron chi connectivity index (χ0n) is 23.2. The van der Waals surface area contributed by atoms with Crippen molar-refractivity contribution in [3.8, 4) is 17.0 Å². The molecule has 2 fully saturated rings. The monoisotopic (exact) mass is 567 g/mol. The topological polar surface area (TPSA) is 97.6 Å². The number of amides is 1. The summed E-state index contributed by atoms with van der Waals surface area (Å²) in [7, 11) is 1.64. The van der Waals surface area contributed by atoms with Gasteiger partial charge in [0, 0.05) is 76.9 Å². The van der Waals surface area contributed by atoms with Crippen LogP contribution in [0.15, 0.2) is 30.6 Å². The van der Waals surface area contributed by atoms with E-state index in [0.29, 0.717) is 45.4 Å². The summed E-state index contributed by atoms with van der Waals surface area (Å²) in [5.41, 5.74) is 3.41. The van der Waals surface area contributed by atoms with Crippen molar-refractivity contribution >= 4 is 11.7 Å². The zero-order valence-corrected chi connectivity index (χ0v) is 23.2. The number of ether oxygens (including phenoxy) is 2. The molecule has 0 radical (unpaired) electrons. The number of piperidine rings is 1. The van der Waals surface area contributed by atoms with E-state index in [1.54, 1.807) is 7.05 Å². The molecule has 12 heteroatoms. The molecule has 0 saturated carbocycles. The summed E-state index contributed by atoms with van der Waals surface area (Å²) in [5.74, 6) is -0.493. The highest BCUT2D eigenvalue weighted by Gasteiger charge is 2.29. The number of carbonyl (C=O) groups excluding carboxylic acids is 1. The number of hydrogen-bond acceptors (Lipinski definition) is 8. The second kappa shape index (κ2) is 12.1. The Labute approximate surface area is 237 Å². The molecule has 41 heavy (non-hydrogen) atoms. The van der Waals surface area contributed by atoms with Crippen molar-refractivity contribution in [3.05, 3.63) is 53.6 Å². The molecule has 1 N–H and O–H groups in total. The van der Waals surface area contributed by atoms with Gasteiger partial charge in [-0.25, -0.2) is 23.4 Å². The SMILES string of the molecule is CNC(=O)CN1CCc2nc(N3CCC(Oc4ccc(F)cc4F)CC3)c(-c3cnn(C4CCCCO4)c3)nc2C1. The molecule has 2 saturated heterocycles. The molecule has 0 spiro atoms. The minimum Gasteiger partial charge on any atom is -0.487 e. The van der Waals surface area contributed by atoms with Crippen LogP contribution in [0.2, 0.25) is 0 Å². The van der Waals surface area contributed by atoms with Gasteiger partial charge in [0.1, 0.15) is 23.8 Å². The van der Waals surface area contributed by atoms with Gasteiger partial charge in [-0.1, -0.05) is 0 Å². The second-order valence-corrected chi connectivity index (χ2v) is 10.8. The summed E-state index contributed by atoms with van der Waals surface area (Å²) in [5, 5.41) is 7.30. The summed E-state index contributed by atoms with van der Waals surface area (Å²) in [4.78, 5) is 26.5. The second-order valence-electron chi connectivity index (χ2n) is 10.8. The minimum absolute atomic E-state index is 0.0300. The molecule has 3 aromatic rings. The Morgan fingerprint density at radius 1 is 1.12 bits per heavy atom. The van der Waals surface area contributed by atoms with E-state index in [-0.39, 0.29) is 24.0 Å². The first kappa shape index (κ1) is 27.5. The van der Waals surface area contributed by atoms with Crippen LogP contribution in [0.1, 0.15) is 49.7 Å². The van der Waals surface area contributed by atoms with Crippen molar-refractivity contribution in [2.24, 2.45) is 0 Å². The number of aromatic nitrogens is 4. The zero-order chi connectivity index (χ0) is 28.3. The lowest BCUT2D eigenvalue weighted by Crippen LogP contribution is -2.41. The Morgan fingerprint density at radius 2 is 1.98 bits per heavy atom. The van der Waals surface area contributed by atoms with Gasteiger partial charge in [-0.05, 0) is 31.4 Å². The van der Waals surface area contributed by atoms with Crippen LogP contribution in [0.4, 0.5) is 14.6 Å². The largest absolute Gasteiger partial charge is 0.487 e. The number of anilines is 1. The molecule has 6 rings (SSSR count). The standard InChI is InChI=1S/C29H35F2N7O3/c1-32-26(39)18-36-10-9-23-24(17-36)34-28(19-15-33-38(16-19)27-4-2-3-13-40-27)29(35-23)37-11-7-21(8-12-37)41-25-6-5-20(30)14-22(25)31/h5-6,14-16,21,27H,2-4,7-13,17-18H2,1H3,(H,32,39). The predicted octanol–water partition coefficient (Wildman–Crippen LogP) is 3.47. The predicted molar refractivity (Wildman–Crippen MR) is 147 cm³/mol. The molecule has 1 atom stereocenters. The fourth-order valence-corrected chi connectivity index (χ4v) is 5.69. The Morgan fingerprint density at radius 3 is 2.73 bits per heavy atom. The van der Waals surface area contributed by atoms with E-state index in [2.05, 4.69) is 20.2 Å². The van der Waals surface area contributed by atoms with Crippen LogP contribution in [0.3, 0.4) is 0 Å². The van der Waals surface area contributed by atoms with Gasteiger partial charge in [0.2, 0.25) is 5.91 Å². The van der Waals surface area contributed by atoms with Crippen molar-refractivity contribution in [1.82, 2.24) is 30.0 Å². The van der Waals surface area contributed by atoms with Crippen molar-refractivity contribution in [1.29, 1.82) is 0 Å². The molecule has 3 aliphatic rings. The summed E-state index contributed by atoms with van der Waals surface area (Å²) in [6.45, 7) is 3.61. The van der Waals surface area contributed by atoms with Crippen molar-refractivity contribution in [2.75, 3.05) is 44.7 Å². The van der Waals surface area contributed by atoms with E-state index in [1.807, 2.05) is 17.1 Å². The van der Waals surface area contributed by atoms with E-state index in [1.165, 1.54) is 12.1 Å². The third kappa shape index (κ3) is 6.18. The van der Waals surface area contributed by atoms with E-state index < -0.39 is 11.6 Å². The summed E-state index contributed by atoms with van der Waals surface area (Å²) in [6.07, 6.45) is 8.61. The van der Waals surface area contributed by atoms with Gasteiger partial charge in [-0.2, -0.15) is 5.10 Å². The van der Waals surface area contributed by atoms with Crippen LogP contribution in [0.5, 0.6) is 5.75 Å². The number of benzene rings is 1. The molecule has 3 aliphatic heterocycles. The van der Waals surface area contributed by atoms with Crippen LogP contribution in [-0.4, -0.2) is 76.5 Å². The fourth-order valence-electron chi connectivity index (χ4n) is 5.69. The number of halogens is 2. The third-order valence-corrected chi connectivity index (χ3v) is 7.97. The van der Waals surface area contributed by atoms with Crippen molar-refractivity contribution in [2.45, 2.75) is 57.4 Å². The molecule has 10 nitrogen and oxygen atoms in total. The van der Waals surface area contributed by atoms with Gasteiger partial charge >= 0.3 is 0 Å². The molecule has 2 aromatic heterocycles. The maximum absolute atomic E-state index is 14.2. The first-order chi connectivity index (χ1) is 20.0. The lowest BCUT2D eigenvalue weighted by molar-refractivity contribution is -0.122. The van der Waals surface area contributed by atoms with Gasteiger partial charge in [0.05, 0.1) is 24.1 Å². The van der Waals surface area contributed by atoms with Crippen LogP contribution in [0, 0.1) is 11.6 Å². The Hall–Kier alpha value is -3.64. The quantitative estimate of drug-likeness (QED) is 0.464. The average Bonchev–Trinajstić information content (AvgIpc) is 3.49. The Kier molecular flexibility index (Phi) is 8.11. The Bertz CT molecular complexity index is 1390. The number of rotatable bonds is 7. The smallest absolute Gasteiger partial charge is 0.233 e. The first-order valence-corrected chi connectivity index (χ1v) is 14.3. The van der Waals surface area contributed by atoms with Gasteiger partial charge in [0.15, 0.2) is 17.4 Å². The summed E-state index contributed by atoms with van der Waals surface area (Å²) >= 11 is 0. The number of hydrogen-bond donors (Lipinski definition) is 1. The molecule has 218 valence electrons. The lowest BCUT2D eigenvalue weighted by atomic mass is 10.1. The molecular formula is C29H35F2N7O3. The molecule has 1 aromatic carbocycles. The van der Waals surface area contributed by atoms with E-state index in [0.717, 1.165) is 66.9 Å². The highest BCUT2D eigenvalue weighted by atomic mass is 19.1. The summed E-state index contributed by atoms with van der Waals surface area (Å²) in [6, 6.07) is 3.38. The number of likely N-dealkylation sites (N-methyl/N-ethyl adjacent to an activating group) is 1. The van der Waals surface area contributed by atoms with Gasteiger partial charge in [-0.15, -0.1) is 0 Å². The maximum Gasteiger partial charge on any atom is 0.233 e. The highest BCUT2D eigenvalue weighted by Crippen LogP contribution is 2.34. The van der Waals surface area contributed by atoms with Gasteiger partial charge in [-0.3, -0.25) is 9.69 Å². The molecule has 1 unspecified atom stereocenters. The van der Waals surface area contributed by atoms with E-state index in [4.69, 9.17) is 19.4 Å². The van der Waals surface area contributed by atoms with Gasteiger partial charge in [0.25, 0.3) is 0 Å². The molecule has 1 amide bonds. The third-order valence-electron chi connectivity index (χ3n) is 7.97. The van der Waals surface area contributed by atoms with Crippen LogP contribution in [0.25, 0.3) is 11.3 Å². The molecule has 0 aliphatic carbocycles. The average molecular weight is 568 g/mol. The van der Waals surface area contributed by atoms with Gasteiger partial charge < -0.3 is 19.7 Å². The van der Waals surface area contributed by atoms with Crippen LogP contribution in [-0.2, 0) is 22.5 Å². The minimum atomic E-state index is -0.695. The number of fused-ring (bicyclic) bond motifs is 1. The van der Waals surface area contributed by atoms with E-state index in [9.17, 15) is 13.6 Å². The summed E-state index contributed by atoms with van der Waals surface area (Å²) < 4.78 is 41.2. The number of carbonyl (C=O) groups is 1. The normalized spacial score (nSPS) is 20.1.